The van der Waals surface area contributed by atoms with Crippen molar-refractivity contribution in [2.45, 2.75) is 19.9 Å². The maximum Gasteiger partial charge on any atom is 0.203 e. The first-order valence-electron chi connectivity index (χ1n) is 9.03. The zero-order chi connectivity index (χ0) is 20.3. The van der Waals surface area contributed by atoms with Crippen molar-refractivity contribution in [3.05, 3.63) is 30.7 Å². The molecule has 0 aliphatic rings. The number of benzene rings is 1. The van der Waals surface area contributed by atoms with E-state index in [0.29, 0.717) is 34.4 Å². The molecule has 0 spiro atoms. The van der Waals surface area contributed by atoms with Gasteiger partial charge in [0.05, 0.1) is 39.7 Å². The van der Waals surface area contributed by atoms with Crippen LogP contribution in [0.15, 0.2) is 30.7 Å². The largest absolute Gasteiger partial charge is 0.493 e. The first-order valence-corrected chi connectivity index (χ1v) is 9.03. The lowest BCUT2D eigenvalue weighted by molar-refractivity contribution is 0.249. The number of hydrogen-bond donors (Lipinski definition) is 2. The molecule has 28 heavy (non-hydrogen) atoms. The summed E-state index contributed by atoms with van der Waals surface area (Å²) in [7, 11) is 4.73. The van der Waals surface area contributed by atoms with Gasteiger partial charge in [-0.2, -0.15) is 0 Å². The van der Waals surface area contributed by atoms with Crippen molar-refractivity contribution in [3.63, 3.8) is 0 Å². The Balaban J connectivity index is 2.14. The second-order valence-corrected chi connectivity index (χ2v) is 6.72. The fourth-order valence-electron chi connectivity index (χ4n) is 3.00. The number of nitrogens with zero attached hydrogens (tertiary/aromatic N) is 3. The van der Waals surface area contributed by atoms with Gasteiger partial charge in [-0.25, -0.2) is 9.97 Å². The Kier molecular flexibility index (Phi) is 5.89. The molecule has 8 heteroatoms. The van der Waals surface area contributed by atoms with E-state index in [9.17, 15) is 5.11 Å². The summed E-state index contributed by atoms with van der Waals surface area (Å²) >= 11 is 0. The fourth-order valence-corrected chi connectivity index (χ4v) is 3.00. The van der Waals surface area contributed by atoms with Crippen LogP contribution in [0.3, 0.4) is 0 Å². The Morgan fingerprint density at radius 2 is 1.79 bits per heavy atom. The molecule has 0 fully saturated rings. The molecule has 0 saturated carbocycles. The summed E-state index contributed by atoms with van der Waals surface area (Å²) in [5.74, 6) is 2.45. The van der Waals surface area contributed by atoms with Gasteiger partial charge < -0.3 is 29.0 Å². The van der Waals surface area contributed by atoms with E-state index in [-0.39, 0.29) is 18.6 Å². The van der Waals surface area contributed by atoms with Crippen molar-refractivity contribution in [2.75, 3.05) is 33.3 Å². The molecule has 8 nitrogen and oxygen atoms in total. The van der Waals surface area contributed by atoms with Gasteiger partial charge in [0.25, 0.3) is 0 Å². The van der Waals surface area contributed by atoms with Gasteiger partial charge >= 0.3 is 0 Å². The molecule has 0 aliphatic heterocycles. The lowest BCUT2D eigenvalue weighted by Crippen LogP contribution is -2.30. The van der Waals surface area contributed by atoms with E-state index in [1.165, 1.54) is 0 Å². The highest BCUT2D eigenvalue weighted by molar-refractivity contribution is 5.73. The number of ether oxygens (including phenoxy) is 3. The normalized spacial score (nSPS) is 12.2. The van der Waals surface area contributed by atoms with Crippen LogP contribution in [0.4, 0.5) is 5.82 Å². The van der Waals surface area contributed by atoms with Crippen LogP contribution < -0.4 is 19.5 Å². The number of rotatable bonds is 8. The monoisotopic (exact) mass is 386 g/mol. The Morgan fingerprint density at radius 3 is 2.32 bits per heavy atom. The molecule has 2 aromatic heterocycles. The fraction of sp³-hybridized carbons (Fsp3) is 0.400. The number of hydrogen-bond acceptors (Lipinski definition) is 7. The van der Waals surface area contributed by atoms with E-state index in [4.69, 9.17) is 19.2 Å². The lowest BCUT2D eigenvalue weighted by Gasteiger charge is -2.21. The van der Waals surface area contributed by atoms with E-state index >= 15 is 0 Å². The van der Waals surface area contributed by atoms with Crippen molar-refractivity contribution < 1.29 is 19.3 Å². The van der Waals surface area contributed by atoms with E-state index in [2.05, 4.69) is 10.3 Å². The summed E-state index contributed by atoms with van der Waals surface area (Å²) in [4.78, 5) is 9.14. The molecule has 1 atom stereocenters. The number of imidazole rings is 1. The molecule has 0 radical (unpaired) electrons. The Labute approximate surface area is 164 Å². The second-order valence-electron chi connectivity index (χ2n) is 6.72. The first kappa shape index (κ1) is 19.8. The topological polar surface area (TPSA) is 90.1 Å². The zero-order valence-electron chi connectivity index (χ0n) is 16.8. The predicted molar refractivity (Wildman–Crippen MR) is 107 cm³/mol. The van der Waals surface area contributed by atoms with Crippen molar-refractivity contribution in [3.8, 4) is 28.5 Å². The van der Waals surface area contributed by atoms with E-state index in [0.717, 1.165) is 5.56 Å². The first-order chi connectivity index (χ1) is 13.5. The molecule has 150 valence electrons. The number of aromatic nitrogens is 3. The molecule has 0 saturated heterocycles. The molecule has 2 N–H and O–H groups in total. The summed E-state index contributed by atoms with van der Waals surface area (Å²) in [5, 5.41) is 13.0. The molecule has 3 aromatic rings. The van der Waals surface area contributed by atoms with Crippen LogP contribution in [0.25, 0.3) is 16.9 Å². The molecular formula is C20H26N4O4. The van der Waals surface area contributed by atoms with Crippen LogP contribution in [0.5, 0.6) is 17.2 Å². The number of nitrogens with one attached hydrogen (secondary N) is 1. The molecule has 0 aliphatic carbocycles. The number of anilines is 1. The highest BCUT2D eigenvalue weighted by Gasteiger charge is 2.19. The molecule has 2 heterocycles. The smallest absolute Gasteiger partial charge is 0.203 e. The highest BCUT2D eigenvalue weighted by atomic mass is 16.5. The number of aliphatic hydroxyl groups excluding tert-OH is 1. The average Bonchev–Trinajstić information content (AvgIpc) is 3.19. The van der Waals surface area contributed by atoms with Crippen LogP contribution >= 0.6 is 0 Å². The summed E-state index contributed by atoms with van der Waals surface area (Å²) in [6.07, 6.45) is 5.45. The van der Waals surface area contributed by atoms with Gasteiger partial charge in [0, 0.05) is 24.2 Å². The number of fused-ring (bicyclic) bond motifs is 1. The summed E-state index contributed by atoms with van der Waals surface area (Å²) < 4.78 is 18.2. The van der Waals surface area contributed by atoms with Crippen LogP contribution in [0.1, 0.15) is 13.8 Å². The van der Waals surface area contributed by atoms with Crippen molar-refractivity contribution in [1.29, 1.82) is 0 Å². The molecule has 1 aromatic carbocycles. The second kappa shape index (κ2) is 8.35. The van der Waals surface area contributed by atoms with Crippen molar-refractivity contribution in [1.82, 2.24) is 14.4 Å². The lowest BCUT2D eigenvalue weighted by atomic mass is 10.1. The van der Waals surface area contributed by atoms with Crippen LogP contribution in [-0.2, 0) is 0 Å². The van der Waals surface area contributed by atoms with E-state index in [1.807, 2.05) is 42.8 Å². The van der Waals surface area contributed by atoms with Crippen LogP contribution in [0.2, 0.25) is 0 Å². The van der Waals surface area contributed by atoms with Gasteiger partial charge in [0.15, 0.2) is 23.0 Å². The number of aliphatic hydroxyl groups is 1. The minimum Gasteiger partial charge on any atom is -0.493 e. The van der Waals surface area contributed by atoms with Gasteiger partial charge in [-0.05, 0) is 18.1 Å². The third-order valence-corrected chi connectivity index (χ3v) is 4.66. The highest BCUT2D eigenvalue weighted by Crippen LogP contribution is 2.41. The van der Waals surface area contributed by atoms with E-state index < -0.39 is 0 Å². The molecule has 0 bridgehead atoms. The summed E-state index contributed by atoms with van der Waals surface area (Å²) in [6.45, 7) is 4.08. The van der Waals surface area contributed by atoms with E-state index in [1.54, 1.807) is 27.5 Å². The Morgan fingerprint density at radius 1 is 1.11 bits per heavy atom. The van der Waals surface area contributed by atoms with Gasteiger partial charge in [-0.15, -0.1) is 0 Å². The Hall–Kier alpha value is -3.00. The maximum atomic E-state index is 9.70. The minimum absolute atomic E-state index is 0.000619. The zero-order valence-corrected chi connectivity index (χ0v) is 16.8. The maximum absolute atomic E-state index is 9.70. The van der Waals surface area contributed by atoms with Gasteiger partial charge in [0.2, 0.25) is 5.75 Å². The van der Waals surface area contributed by atoms with Gasteiger partial charge in [-0.3, -0.25) is 0 Å². The van der Waals surface area contributed by atoms with Gasteiger partial charge in [-0.1, -0.05) is 13.8 Å². The third kappa shape index (κ3) is 3.68. The number of methoxy groups -OCH3 is 3. The van der Waals surface area contributed by atoms with Crippen LogP contribution in [0, 0.1) is 5.92 Å². The SMILES string of the molecule is COc1cc(-c2cn3ccnc3c(N[C@H](CO)C(C)C)n2)cc(OC)c1OC. The summed E-state index contributed by atoms with van der Waals surface area (Å²) in [6, 6.07) is 3.56. The van der Waals surface area contributed by atoms with Crippen molar-refractivity contribution >= 4 is 11.5 Å². The molecule has 3 rings (SSSR count). The molecule has 0 unspecified atom stereocenters. The van der Waals surface area contributed by atoms with Gasteiger partial charge in [0.1, 0.15) is 0 Å². The Bertz CT molecular complexity index is 930. The average molecular weight is 386 g/mol. The quantitative estimate of drug-likeness (QED) is 0.615. The minimum atomic E-state index is -0.136. The standard InChI is InChI=1S/C20H26N4O4/c1-12(2)15(11-25)23-19-20-21-6-7-24(20)10-14(22-19)13-8-16(26-3)18(28-5)17(9-13)27-4/h6-10,12,15,25H,11H2,1-5H3,(H,22,23)/t15-/m1/s1. The predicted octanol–water partition coefficient (Wildman–Crippen LogP) is 2.85. The molecule has 0 amide bonds. The van der Waals surface area contributed by atoms with Crippen molar-refractivity contribution in [2.24, 2.45) is 5.92 Å². The third-order valence-electron chi connectivity index (χ3n) is 4.66. The van der Waals surface area contributed by atoms with Crippen LogP contribution in [-0.4, -0.2) is 53.5 Å². The summed E-state index contributed by atoms with van der Waals surface area (Å²) in [5.41, 5.74) is 2.20. The molecular weight excluding hydrogens is 360 g/mol.